The number of esters is 1. The minimum Gasteiger partial charge on any atom is -0.459 e. The minimum atomic E-state index is -0.607. The second-order valence-corrected chi connectivity index (χ2v) is 7.47. The maximum atomic E-state index is 12.5. The van der Waals surface area contributed by atoms with Crippen LogP contribution in [0.4, 0.5) is 5.69 Å². The number of ether oxygens (including phenoxy) is 1. The Bertz CT molecular complexity index is 881. The normalized spacial score (nSPS) is 18.9. The molecule has 1 aliphatic rings. The third-order valence-electron chi connectivity index (χ3n) is 5.27. The van der Waals surface area contributed by atoms with Crippen molar-refractivity contribution in [2.75, 3.05) is 11.9 Å². The van der Waals surface area contributed by atoms with E-state index >= 15 is 0 Å². The lowest BCUT2D eigenvalue weighted by molar-refractivity contribution is -0.140. The molecule has 2 heterocycles. The van der Waals surface area contributed by atoms with E-state index in [-0.39, 0.29) is 35.9 Å². The number of aryl methyl sites for hydroxylation is 1. The van der Waals surface area contributed by atoms with Gasteiger partial charge in [0.15, 0.2) is 12.4 Å². The maximum Gasteiger partial charge on any atom is 0.338 e. The van der Waals surface area contributed by atoms with Gasteiger partial charge in [0, 0.05) is 17.8 Å². The molecule has 1 fully saturated rings. The summed E-state index contributed by atoms with van der Waals surface area (Å²) in [5.74, 6) is -1.03. The van der Waals surface area contributed by atoms with Gasteiger partial charge in [-0.05, 0) is 69.9 Å². The molecule has 0 aliphatic carbocycles. The van der Waals surface area contributed by atoms with Crippen LogP contribution >= 0.6 is 0 Å². The van der Waals surface area contributed by atoms with E-state index in [1.165, 1.54) is 12.3 Å². The number of hydrogen-bond acceptors (Lipinski definition) is 5. The van der Waals surface area contributed by atoms with Crippen LogP contribution in [-0.4, -0.2) is 41.4 Å². The number of piperidine rings is 1. The first-order valence-corrected chi connectivity index (χ1v) is 9.80. The molecule has 1 aromatic carbocycles. The average molecular weight is 398 g/mol. The molecule has 1 N–H and O–H groups in total. The van der Waals surface area contributed by atoms with Gasteiger partial charge in [-0.3, -0.25) is 9.59 Å². The molecule has 29 heavy (non-hydrogen) atoms. The number of rotatable bonds is 5. The smallest absolute Gasteiger partial charge is 0.338 e. The van der Waals surface area contributed by atoms with Crippen molar-refractivity contribution in [2.24, 2.45) is 0 Å². The van der Waals surface area contributed by atoms with E-state index in [1.54, 1.807) is 29.2 Å². The van der Waals surface area contributed by atoms with E-state index in [0.717, 1.165) is 24.8 Å². The largest absolute Gasteiger partial charge is 0.459 e. The van der Waals surface area contributed by atoms with Gasteiger partial charge in [0.05, 0.1) is 11.8 Å². The molecule has 0 radical (unpaired) electrons. The maximum absolute atomic E-state index is 12.5. The number of hydrogen-bond donors (Lipinski definition) is 1. The second-order valence-electron chi connectivity index (χ2n) is 7.47. The fourth-order valence-electron chi connectivity index (χ4n) is 3.67. The number of amides is 2. The van der Waals surface area contributed by atoms with E-state index in [4.69, 9.17) is 9.15 Å². The predicted molar refractivity (Wildman–Crippen MR) is 108 cm³/mol. The molecule has 3 rings (SSSR count). The van der Waals surface area contributed by atoms with Gasteiger partial charge in [-0.2, -0.15) is 0 Å². The Kier molecular flexibility index (Phi) is 6.36. The summed E-state index contributed by atoms with van der Waals surface area (Å²) in [5.41, 5.74) is 1.52. The van der Waals surface area contributed by atoms with Crippen molar-refractivity contribution < 1.29 is 23.5 Å². The Balaban J connectivity index is 1.63. The summed E-state index contributed by atoms with van der Waals surface area (Å²) in [7, 11) is 0. The highest BCUT2D eigenvalue weighted by molar-refractivity contribution is 6.03. The van der Waals surface area contributed by atoms with Gasteiger partial charge in [0.2, 0.25) is 0 Å². The molecule has 0 spiro atoms. The summed E-state index contributed by atoms with van der Waals surface area (Å²) in [6.45, 7) is 5.55. The molecule has 1 aromatic heterocycles. The molecular formula is C22H26N2O5. The Hall–Kier alpha value is -3.09. The molecule has 1 aliphatic heterocycles. The van der Waals surface area contributed by atoms with Crippen molar-refractivity contribution in [3.8, 4) is 0 Å². The molecule has 1 saturated heterocycles. The van der Waals surface area contributed by atoms with Gasteiger partial charge in [-0.25, -0.2) is 4.79 Å². The van der Waals surface area contributed by atoms with Gasteiger partial charge in [0.25, 0.3) is 11.8 Å². The molecule has 7 heteroatoms. The van der Waals surface area contributed by atoms with E-state index in [0.29, 0.717) is 5.69 Å². The van der Waals surface area contributed by atoms with Crippen molar-refractivity contribution >= 4 is 23.5 Å². The van der Waals surface area contributed by atoms with Crippen molar-refractivity contribution in [3.63, 3.8) is 0 Å². The Labute approximate surface area is 170 Å². The third-order valence-corrected chi connectivity index (χ3v) is 5.27. The lowest BCUT2D eigenvalue weighted by atomic mass is 9.97. The summed E-state index contributed by atoms with van der Waals surface area (Å²) >= 11 is 0. The molecule has 2 amide bonds. The number of furan rings is 1. The highest BCUT2D eigenvalue weighted by Crippen LogP contribution is 2.23. The predicted octanol–water partition coefficient (Wildman–Crippen LogP) is 3.79. The zero-order valence-corrected chi connectivity index (χ0v) is 16.9. The first-order chi connectivity index (χ1) is 13.9. The van der Waals surface area contributed by atoms with Crippen molar-refractivity contribution in [1.29, 1.82) is 0 Å². The summed E-state index contributed by atoms with van der Waals surface area (Å²) in [6, 6.07) is 8.32. The Morgan fingerprint density at radius 1 is 1.17 bits per heavy atom. The lowest BCUT2D eigenvalue weighted by Gasteiger charge is -2.38. The fourth-order valence-corrected chi connectivity index (χ4v) is 3.67. The van der Waals surface area contributed by atoms with Crippen LogP contribution in [0.15, 0.2) is 41.0 Å². The van der Waals surface area contributed by atoms with Crippen LogP contribution in [0.3, 0.4) is 0 Å². The highest BCUT2D eigenvalue weighted by atomic mass is 16.5. The Morgan fingerprint density at radius 3 is 2.55 bits per heavy atom. The van der Waals surface area contributed by atoms with Crippen LogP contribution in [-0.2, 0) is 9.53 Å². The topological polar surface area (TPSA) is 88.9 Å². The lowest BCUT2D eigenvalue weighted by Crippen LogP contribution is -2.49. The highest BCUT2D eigenvalue weighted by Gasteiger charge is 2.29. The summed E-state index contributed by atoms with van der Waals surface area (Å²) in [4.78, 5) is 39.0. The SMILES string of the molecule is Cc1ccc(C(=O)OCC(=O)N2C(C)CCCC2C)cc1NC(=O)c1ccco1. The summed E-state index contributed by atoms with van der Waals surface area (Å²) < 4.78 is 10.3. The molecule has 2 unspecified atom stereocenters. The van der Waals surface area contributed by atoms with Gasteiger partial charge in [0.1, 0.15) is 0 Å². The standard InChI is InChI=1S/C22H26N2O5/c1-14-9-10-17(12-18(14)23-21(26)19-8-5-11-28-19)22(27)29-13-20(25)24-15(2)6-4-7-16(24)3/h5,8-12,15-16H,4,6-7,13H2,1-3H3,(H,23,26). The second kappa shape index (κ2) is 8.94. The first-order valence-electron chi connectivity index (χ1n) is 9.80. The van der Waals surface area contributed by atoms with Gasteiger partial charge < -0.3 is 19.4 Å². The van der Waals surface area contributed by atoms with Gasteiger partial charge in [-0.1, -0.05) is 6.07 Å². The number of carbonyl (C=O) groups is 3. The number of anilines is 1. The number of nitrogens with zero attached hydrogens (tertiary/aromatic N) is 1. The van der Waals surface area contributed by atoms with Crippen molar-refractivity contribution in [2.45, 2.75) is 52.1 Å². The third kappa shape index (κ3) is 4.85. The molecule has 7 nitrogen and oxygen atoms in total. The van der Waals surface area contributed by atoms with Gasteiger partial charge >= 0.3 is 5.97 Å². The van der Waals surface area contributed by atoms with Crippen LogP contribution in [0.2, 0.25) is 0 Å². The van der Waals surface area contributed by atoms with Crippen LogP contribution < -0.4 is 5.32 Å². The molecule has 154 valence electrons. The number of carbonyl (C=O) groups excluding carboxylic acids is 3. The molecular weight excluding hydrogens is 372 g/mol. The zero-order valence-electron chi connectivity index (χ0n) is 16.9. The minimum absolute atomic E-state index is 0.146. The van der Waals surface area contributed by atoms with Crippen LogP contribution in [0.25, 0.3) is 0 Å². The summed E-state index contributed by atoms with van der Waals surface area (Å²) in [5, 5.41) is 2.72. The molecule has 2 aromatic rings. The van der Waals surface area contributed by atoms with Crippen molar-refractivity contribution in [1.82, 2.24) is 4.90 Å². The fraction of sp³-hybridized carbons (Fsp3) is 0.409. The number of nitrogens with one attached hydrogen (secondary N) is 1. The quantitative estimate of drug-likeness (QED) is 0.774. The number of benzene rings is 1. The molecule has 0 bridgehead atoms. The zero-order chi connectivity index (χ0) is 21.0. The Morgan fingerprint density at radius 2 is 1.90 bits per heavy atom. The van der Waals surface area contributed by atoms with Crippen LogP contribution in [0.5, 0.6) is 0 Å². The molecule has 2 atom stereocenters. The van der Waals surface area contributed by atoms with E-state index in [9.17, 15) is 14.4 Å². The van der Waals surface area contributed by atoms with Crippen LogP contribution in [0.1, 0.15) is 59.6 Å². The van der Waals surface area contributed by atoms with Gasteiger partial charge in [-0.15, -0.1) is 0 Å². The summed E-state index contributed by atoms with van der Waals surface area (Å²) in [6.07, 6.45) is 4.43. The van der Waals surface area contributed by atoms with Crippen molar-refractivity contribution in [3.05, 3.63) is 53.5 Å². The number of likely N-dealkylation sites (tertiary alicyclic amines) is 1. The van der Waals surface area contributed by atoms with E-state index in [1.807, 2.05) is 20.8 Å². The van der Waals surface area contributed by atoms with E-state index < -0.39 is 11.9 Å². The monoisotopic (exact) mass is 398 g/mol. The first kappa shape index (κ1) is 20.6. The van der Waals surface area contributed by atoms with Crippen LogP contribution in [0, 0.1) is 6.92 Å². The average Bonchev–Trinajstić information content (AvgIpc) is 3.22. The van der Waals surface area contributed by atoms with E-state index in [2.05, 4.69) is 5.32 Å². The molecule has 0 saturated carbocycles.